The predicted molar refractivity (Wildman–Crippen MR) is 183 cm³/mol. The van der Waals surface area contributed by atoms with E-state index in [4.69, 9.17) is 11.6 Å². The zero-order chi connectivity index (χ0) is 38.0. The van der Waals surface area contributed by atoms with Crippen molar-refractivity contribution in [3.8, 4) is 17.1 Å². The number of amides is 2. The number of nitrogens with one attached hydrogen (secondary N) is 2. The third-order valence-corrected chi connectivity index (χ3v) is 10.2. The van der Waals surface area contributed by atoms with Crippen molar-refractivity contribution in [3.05, 3.63) is 86.2 Å². The van der Waals surface area contributed by atoms with E-state index in [9.17, 15) is 37.1 Å². The Hall–Kier alpha value is -5.65. The van der Waals surface area contributed by atoms with Crippen LogP contribution < -0.4 is 16.2 Å². The molecule has 0 saturated carbocycles. The summed E-state index contributed by atoms with van der Waals surface area (Å²) in [4.78, 5) is 59.5. The number of alkyl halides is 3. The number of halogens is 5. The fourth-order valence-corrected chi connectivity index (χ4v) is 7.61. The molecule has 2 aliphatic rings. The van der Waals surface area contributed by atoms with Crippen LogP contribution >= 0.6 is 11.6 Å². The maximum Gasteiger partial charge on any atom is 0.416 e. The van der Waals surface area contributed by atoms with Crippen LogP contribution in [0.3, 0.4) is 0 Å². The molecule has 1 unspecified atom stereocenters. The van der Waals surface area contributed by atoms with Crippen LogP contribution in [-0.4, -0.2) is 76.1 Å². The minimum atomic E-state index is -4.64. The van der Waals surface area contributed by atoms with Crippen LogP contribution in [0.2, 0.25) is 5.02 Å². The molecule has 3 N–H and O–H groups in total. The number of fused-ring (bicyclic) bond motifs is 3. The van der Waals surface area contributed by atoms with Crippen LogP contribution in [0.25, 0.3) is 17.2 Å². The molecule has 1 aliphatic heterocycles. The van der Waals surface area contributed by atoms with Gasteiger partial charge in [0.25, 0.3) is 11.5 Å². The number of rotatable bonds is 6. The summed E-state index contributed by atoms with van der Waals surface area (Å²) in [7, 11) is 1.50. The van der Waals surface area contributed by atoms with Gasteiger partial charge in [-0.1, -0.05) is 18.5 Å². The van der Waals surface area contributed by atoms with Gasteiger partial charge < -0.3 is 25.2 Å². The minimum Gasteiger partial charge on any atom is -0.504 e. The Bertz CT molecular complexity index is 2370. The molecule has 7 rings (SSSR count). The van der Waals surface area contributed by atoms with Gasteiger partial charge in [-0.3, -0.25) is 14.4 Å². The van der Waals surface area contributed by atoms with E-state index in [1.165, 1.54) is 24.1 Å². The molecule has 5 aromatic rings. The topological polar surface area (TPSA) is 173 Å². The van der Waals surface area contributed by atoms with Gasteiger partial charge in [0.15, 0.2) is 28.9 Å². The summed E-state index contributed by atoms with van der Waals surface area (Å²) >= 11 is 6.13. The van der Waals surface area contributed by atoms with Gasteiger partial charge >= 0.3 is 6.18 Å². The number of aromatic nitrogens is 7. The van der Waals surface area contributed by atoms with Crippen molar-refractivity contribution in [2.45, 2.75) is 57.2 Å². The molecule has 1 fully saturated rings. The number of carbonyl (C=O) groups excluding carboxylic acids is 2. The number of anilines is 2. The Balaban J connectivity index is 1.29. The molecule has 4 aromatic heterocycles. The highest BCUT2D eigenvalue weighted by atomic mass is 35.5. The van der Waals surface area contributed by atoms with Crippen LogP contribution in [0.15, 0.2) is 41.6 Å². The van der Waals surface area contributed by atoms with Gasteiger partial charge in [0.2, 0.25) is 11.7 Å². The number of aromatic hydroxyl groups is 1. The van der Waals surface area contributed by atoms with E-state index < -0.39 is 46.9 Å². The second-order valence-corrected chi connectivity index (χ2v) is 13.6. The molecule has 5 heterocycles. The Labute approximate surface area is 302 Å². The smallest absolute Gasteiger partial charge is 0.416 e. The molecule has 53 heavy (non-hydrogen) atoms. The quantitative estimate of drug-likeness (QED) is 0.202. The van der Waals surface area contributed by atoms with E-state index in [0.717, 1.165) is 22.7 Å². The first-order valence-electron chi connectivity index (χ1n) is 16.5. The monoisotopic (exact) mass is 754 g/mol. The van der Waals surface area contributed by atoms with Crippen LogP contribution in [0.4, 0.5) is 29.1 Å². The molecule has 1 spiro atoms. The van der Waals surface area contributed by atoms with Gasteiger partial charge in [0.1, 0.15) is 12.9 Å². The number of pyridine rings is 1. The van der Waals surface area contributed by atoms with Gasteiger partial charge in [-0.15, -0.1) is 5.10 Å². The number of hydrogen-bond donors (Lipinski definition) is 3. The maximum atomic E-state index is 14.7. The molecular formula is C34H31ClF4N10O4. The SMILES string of the molecule is CNc1ncc(-c2nc3n(CC(=O)Nc4ccc(C(F)(F)F)cc4Cl)c4c(c(=O)n3n2)C2(CCN(C(=O)c3ncnc(C)c3O)CC2)CC4C)cc1F. The Morgan fingerprint density at radius 2 is 1.87 bits per heavy atom. The second-order valence-electron chi connectivity index (χ2n) is 13.2. The van der Waals surface area contributed by atoms with Gasteiger partial charge in [-0.25, -0.2) is 19.3 Å². The molecule has 1 aromatic carbocycles. The predicted octanol–water partition coefficient (Wildman–Crippen LogP) is 4.93. The van der Waals surface area contributed by atoms with Gasteiger partial charge in [0.05, 0.1) is 22.0 Å². The summed E-state index contributed by atoms with van der Waals surface area (Å²) < 4.78 is 57.1. The summed E-state index contributed by atoms with van der Waals surface area (Å²) in [6, 6.07) is 3.71. The van der Waals surface area contributed by atoms with Crippen molar-refractivity contribution in [3.63, 3.8) is 0 Å². The Morgan fingerprint density at radius 1 is 1.13 bits per heavy atom. The van der Waals surface area contributed by atoms with Crippen LogP contribution in [0.5, 0.6) is 5.75 Å². The van der Waals surface area contributed by atoms with E-state index >= 15 is 0 Å². The fraction of sp³-hybridized carbons (Fsp3) is 0.353. The van der Waals surface area contributed by atoms with Crippen LogP contribution in [-0.2, 0) is 22.9 Å². The number of aryl methyl sites for hydroxylation is 1. The number of likely N-dealkylation sites (tertiary alicyclic amines) is 1. The molecule has 1 atom stereocenters. The first-order chi connectivity index (χ1) is 25.1. The van der Waals surface area contributed by atoms with Gasteiger partial charge in [0, 0.05) is 48.6 Å². The maximum absolute atomic E-state index is 14.7. The van der Waals surface area contributed by atoms with Crippen molar-refractivity contribution in [2.24, 2.45) is 0 Å². The van der Waals surface area contributed by atoms with Crippen LogP contribution in [0, 0.1) is 12.7 Å². The van der Waals surface area contributed by atoms with E-state index in [2.05, 4.69) is 35.7 Å². The zero-order valence-electron chi connectivity index (χ0n) is 28.4. The Morgan fingerprint density at radius 3 is 2.53 bits per heavy atom. The Kier molecular flexibility index (Phi) is 8.82. The average Bonchev–Trinajstić information content (AvgIpc) is 3.68. The average molecular weight is 755 g/mol. The molecule has 14 nitrogen and oxygen atoms in total. The molecule has 1 aliphatic carbocycles. The van der Waals surface area contributed by atoms with Crippen molar-refractivity contribution in [2.75, 3.05) is 30.8 Å². The highest BCUT2D eigenvalue weighted by Gasteiger charge is 2.49. The number of benzene rings is 1. The van der Waals surface area contributed by atoms with Crippen molar-refractivity contribution in [1.82, 2.24) is 39.0 Å². The summed E-state index contributed by atoms with van der Waals surface area (Å²) in [6.07, 6.45) is -0.903. The molecular weight excluding hydrogens is 724 g/mol. The molecule has 1 saturated heterocycles. The van der Waals surface area contributed by atoms with E-state index in [1.54, 1.807) is 11.8 Å². The molecule has 2 amide bonds. The lowest BCUT2D eigenvalue weighted by molar-refractivity contribution is -0.137. The van der Waals surface area contributed by atoms with E-state index in [0.29, 0.717) is 36.6 Å². The normalized spacial score (nSPS) is 16.6. The first-order valence-corrected chi connectivity index (χ1v) is 16.8. The molecule has 276 valence electrons. The number of hydrogen-bond acceptors (Lipinski definition) is 10. The van der Waals surface area contributed by atoms with Crippen molar-refractivity contribution in [1.29, 1.82) is 0 Å². The van der Waals surface area contributed by atoms with Crippen molar-refractivity contribution >= 4 is 40.7 Å². The summed E-state index contributed by atoms with van der Waals surface area (Å²) in [6.45, 7) is 3.47. The zero-order valence-corrected chi connectivity index (χ0v) is 29.2. The minimum absolute atomic E-state index is 0.0136. The fourth-order valence-electron chi connectivity index (χ4n) is 7.38. The lowest BCUT2D eigenvalue weighted by Gasteiger charge is -2.39. The number of piperidine rings is 1. The number of carbonyl (C=O) groups is 2. The van der Waals surface area contributed by atoms with E-state index in [-0.39, 0.29) is 69.8 Å². The van der Waals surface area contributed by atoms with Crippen LogP contribution in [0.1, 0.15) is 65.1 Å². The van der Waals surface area contributed by atoms with Gasteiger partial charge in [-0.05, 0) is 56.4 Å². The number of nitrogens with zero attached hydrogens (tertiary/aromatic N) is 8. The largest absolute Gasteiger partial charge is 0.504 e. The summed E-state index contributed by atoms with van der Waals surface area (Å²) in [5.41, 5.74) is -1.09. The summed E-state index contributed by atoms with van der Waals surface area (Å²) in [5.74, 6) is -2.53. The molecule has 0 radical (unpaired) electrons. The standard InChI is InChI=1S/C34H31ClF4N10O4/c1-16-12-33(6-8-47(9-7-33)31(53)25-27(51)17(2)42-15-43-25)24-26(16)48(14-23(50)44-22-5-4-19(11-20(22)35)34(37,38)39)32-45-28(46-49(32)30(24)52)18-10-21(36)29(40-3)41-13-18/h4-5,10-11,13,15-16,51H,6-9,12,14H2,1-3H3,(H,40,41)(H,44,50). The highest BCUT2D eigenvalue weighted by Crippen LogP contribution is 2.50. The lowest BCUT2D eigenvalue weighted by Crippen LogP contribution is -2.46. The lowest BCUT2D eigenvalue weighted by atomic mass is 9.73. The highest BCUT2D eigenvalue weighted by molar-refractivity contribution is 6.33. The second kappa shape index (κ2) is 13.1. The van der Waals surface area contributed by atoms with Crippen molar-refractivity contribution < 1.29 is 32.3 Å². The third-order valence-electron chi connectivity index (χ3n) is 9.90. The first kappa shape index (κ1) is 35.7. The van der Waals surface area contributed by atoms with E-state index in [1.807, 2.05) is 6.92 Å². The third kappa shape index (κ3) is 6.19. The van der Waals surface area contributed by atoms with Gasteiger partial charge in [-0.2, -0.15) is 22.7 Å². The molecule has 0 bridgehead atoms. The summed E-state index contributed by atoms with van der Waals surface area (Å²) in [5, 5.41) is 19.7. The molecule has 19 heteroatoms.